The van der Waals surface area contributed by atoms with Crippen molar-refractivity contribution in [1.82, 2.24) is 14.8 Å². The maximum Gasteiger partial charge on any atom is 0.433 e. The molecule has 1 atom stereocenters. The number of hydrogen-bond acceptors (Lipinski definition) is 4. The first-order valence-corrected chi connectivity index (χ1v) is 9.44. The van der Waals surface area contributed by atoms with Crippen LogP contribution in [0.5, 0.6) is 0 Å². The van der Waals surface area contributed by atoms with E-state index in [0.717, 1.165) is 24.8 Å². The van der Waals surface area contributed by atoms with Crippen LogP contribution in [0, 0.1) is 5.92 Å². The minimum absolute atomic E-state index is 0.00790. The largest absolute Gasteiger partial charge is 0.447 e. The van der Waals surface area contributed by atoms with Gasteiger partial charge in [0.2, 0.25) is 0 Å². The maximum absolute atomic E-state index is 12.6. The van der Waals surface area contributed by atoms with Gasteiger partial charge in [0.05, 0.1) is 11.6 Å². The Bertz CT molecular complexity index is 713. The van der Waals surface area contributed by atoms with Crippen LogP contribution in [0.15, 0.2) is 18.3 Å². The Balaban J connectivity index is 1.60. The molecule has 154 valence electrons. The van der Waals surface area contributed by atoms with Crippen LogP contribution in [0.2, 0.25) is 0 Å². The molecule has 0 N–H and O–H groups in total. The molecule has 3 rings (SSSR count). The molecular weight excluding hydrogens is 375 g/mol. The van der Waals surface area contributed by atoms with Crippen molar-refractivity contribution in [2.24, 2.45) is 5.92 Å². The summed E-state index contributed by atoms with van der Waals surface area (Å²) in [7, 11) is 0. The van der Waals surface area contributed by atoms with E-state index in [9.17, 15) is 22.8 Å². The lowest BCUT2D eigenvalue weighted by Gasteiger charge is -2.38. The zero-order valence-corrected chi connectivity index (χ0v) is 15.9. The quantitative estimate of drug-likeness (QED) is 0.777. The zero-order chi connectivity index (χ0) is 20.5. The van der Waals surface area contributed by atoms with Crippen molar-refractivity contribution in [3.63, 3.8) is 0 Å². The first-order valence-electron chi connectivity index (χ1n) is 9.44. The molecule has 0 saturated carbocycles. The summed E-state index contributed by atoms with van der Waals surface area (Å²) < 4.78 is 43.0. The van der Waals surface area contributed by atoms with Gasteiger partial charge in [-0.1, -0.05) is 13.8 Å². The Hall–Kier alpha value is -2.32. The smallest absolute Gasteiger partial charge is 0.433 e. The molecule has 6 nitrogen and oxygen atoms in total. The standard InChI is InChI=1S/C19H24F3N3O3/c1-12(2)9-15-11-28-18(27)25(15)14-5-7-24(8-6-14)17(26)13-3-4-16(23-10-13)19(20,21)22/h3-4,10,12,14-15H,5-9,11H2,1-2H3/t15-/m0/s1. The van der Waals surface area contributed by atoms with Crippen LogP contribution in [-0.2, 0) is 10.9 Å². The SMILES string of the molecule is CC(C)C[C@H]1COC(=O)N1C1CCN(C(=O)c2ccc(C(F)(F)F)nc2)CC1. The molecule has 0 aliphatic carbocycles. The number of alkyl halides is 3. The fourth-order valence-electron chi connectivity index (χ4n) is 3.86. The molecule has 3 heterocycles. The monoisotopic (exact) mass is 399 g/mol. The topological polar surface area (TPSA) is 62.7 Å². The third kappa shape index (κ3) is 4.39. The first-order chi connectivity index (χ1) is 13.2. The summed E-state index contributed by atoms with van der Waals surface area (Å²) >= 11 is 0. The maximum atomic E-state index is 12.6. The molecule has 0 aromatic carbocycles. The Kier molecular flexibility index (Phi) is 5.81. The highest BCUT2D eigenvalue weighted by molar-refractivity contribution is 5.94. The van der Waals surface area contributed by atoms with E-state index in [4.69, 9.17) is 4.74 Å². The summed E-state index contributed by atoms with van der Waals surface area (Å²) in [6.07, 6.45) is -1.78. The van der Waals surface area contributed by atoms with Crippen molar-refractivity contribution >= 4 is 12.0 Å². The first kappa shape index (κ1) is 20.4. The van der Waals surface area contributed by atoms with Crippen molar-refractivity contribution in [3.8, 4) is 0 Å². The summed E-state index contributed by atoms with van der Waals surface area (Å²) in [6.45, 7) is 5.46. The molecule has 2 amide bonds. The van der Waals surface area contributed by atoms with Crippen LogP contribution in [0.1, 0.15) is 49.2 Å². The van der Waals surface area contributed by atoms with Crippen LogP contribution in [0.3, 0.4) is 0 Å². The van der Waals surface area contributed by atoms with Gasteiger partial charge in [-0.2, -0.15) is 13.2 Å². The van der Waals surface area contributed by atoms with E-state index in [-0.39, 0.29) is 29.6 Å². The molecule has 2 fully saturated rings. The van der Waals surface area contributed by atoms with Gasteiger partial charge in [-0.25, -0.2) is 4.79 Å². The Morgan fingerprint density at radius 3 is 2.50 bits per heavy atom. The second-order valence-corrected chi connectivity index (χ2v) is 7.72. The molecule has 1 aromatic heterocycles. The predicted octanol–water partition coefficient (Wildman–Crippen LogP) is 3.57. The van der Waals surface area contributed by atoms with Crippen molar-refractivity contribution in [2.45, 2.75) is 51.4 Å². The number of carbonyl (C=O) groups is 2. The van der Waals surface area contributed by atoms with Gasteiger partial charge in [0, 0.05) is 25.3 Å². The normalized spacial score (nSPS) is 21.4. The van der Waals surface area contributed by atoms with E-state index < -0.39 is 11.9 Å². The van der Waals surface area contributed by atoms with Gasteiger partial charge in [0.1, 0.15) is 12.3 Å². The second kappa shape index (κ2) is 7.97. The fraction of sp³-hybridized carbons (Fsp3) is 0.632. The number of cyclic esters (lactones) is 1. The van der Waals surface area contributed by atoms with E-state index >= 15 is 0 Å². The highest BCUT2D eigenvalue weighted by Gasteiger charge is 2.40. The molecular formula is C19H24F3N3O3. The molecule has 0 spiro atoms. The van der Waals surface area contributed by atoms with Crippen LogP contribution >= 0.6 is 0 Å². The number of pyridine rings is 1. The van der Waals surface area contributed by atoms with Gasteiger partial charge in [-0.05, 0) is 37.3 Å². The number of aromatic nitrogens is 1. The van der Waals surface area contributed by atoms with Gasteiger partial charge in [-0.15, -0.1) is 0 Å². The second-order valence-electron chi connectivity index (χ2n) is 7.72. The Labute approximate surface area is 161 Å². The Morgan fingerprint density at radius 2 is 1.96 bits per heavy atom. The van der Waals surface area contributed by atoms with Gasteiger partial charge >= 0.3 is 12.3 Å². The van der Waals surface area contributed by atoms with E-state index in [2.05, 4.69) is 18.8 Å². The van der Waals surface area contributed by atoms with Crippen molar-refractivity contribution in [3.05, 3.63) is 29.6 Å². The van der Waals surface area contributed by atoms with Crippen molar-refractivity contribution in [1.29, 1.82) is 0 Å². The number of halogens is 3. The van der Waals surface area contributed by atoms with Crippen LogP contribution in [0.25, 0.3) is 0 Å². The van der Waals surface area contributed by atoms with Crippen LogP contribution in [0.4, 0.5) is 18.0 Å². The van der Waals surface area contributed by atoms with E-state index in [1.54, 1.807) is 4.90 Å². The van der Waals surface area contributed by atoms with Gasteiger partial charge < -0.3 is 9.64 Å². The average molecular weight is 399 g/mol. The molecule has 0 radical (unpaired) electrons. The minimum atomic E-state index is -4.53. The van der Waals surface area contributed by atoms with Gasteiger partial charge in [0.15, 0.2) is 0 Å². The van der Waals surface area contributed by atoms with E-state index in [1.165, 1.54) is 0 Å². The number of rotatable bonds is 4. The van der Waals surface area contributed by atoms with Gasteiger partial charge in [-0.3, -0.25) is 14.7 Å². The molecule has 28 heavy (non-hydrogen) atoms. The minimum Gasteiger partial charge on any atom is -0.447 e. The number of ether oxygens (including phenoxy) is 1. The molecule has 2 aliphatic rings. The molecule has 1 aromatic rings. The van der Waals surface area contributed by atoms with Gasteiger partial charge in [0.25, 0.3) is 5.91 Å². The molecule has 2 aliphatic heterocycles. The lowest BCUT2D eigenvalue weighted by molar-refractivity contribution is -0.141. The van der Waals surface area contributed by atoms with E-state index in [1.807, 2.05) is 4.90 Å². The predicted molar refractivity (Wildman–Crippen MR) is 94.6 cm³/mol. The number of carbonyl (C=O) groups excluding carboxylic acids is 2. The molecule has 2 saturated heterocycles. The lowest BCUT2D eigenvalue weighted by atomic mass is 9.98. The molecule has 9 heteroatoms. The summed E-state index contributed by atoms with van der Waals surface area (Å²) in [5.41, 5.74) is -0.892. The molecule has 0 unspecified atom stereocenters. The van der Waals surface area contributed by atoms with Crippen LogP contribution < -0.4 is 0 Å². The Morgan fingerprint density at radius 1 is 1.29 bits per heavy atom. The average Bonchev–Trinajstić information content (AvgIpc) is 3.00. The highest BCUT2D eigenvalue weighted by Crippen LogP contribution is 2.29. The summed E-state index contributed by atoms with van der Waals surface area (Å²) in [5, 5.41) is 0. The van der Waals surface area contributed by atoms with Crippen molar-refractivity contribution in [2.75, 3.05) is 19.7 Å². The number of hydrogen-bond donors (Lipinski definition) is 0. The molecule has 0 bridgehead atoms. The third-order valence-corrected chi connectivity index (χ3v) is 5.19. The number of nitrogens with zero attached hydrogens (tertiary/aromatic N) is 3. The highest BCUT2D eigenvalue weighted by atomic mass is 19.4. The van der Waals surface area contributed by atoms with Crippen molar-refractivity contribution < 1.29 is 27.5 Å². The number of likely N-dealkylation sites (tertiary alicyclic amines) is 1. The lowest BCUT2D eigenvalue weighted by Crippen LogP contribution is -2.50. The zero-order valence-electron chi connectivity index (χ0n) is 15.9. The summed E-state index contributed by atoms with van der Waals surface area (Å²) in [4.78, 5) is 31.5. The summed E-state index contributed by atoms with van der Waals surface area (Å²) in [6, 6.07) is 2.03. The number of amides is 2. The number of piperidine rings is 1. The third-order valence-electron chi connectivity index (χ3n) is 5.19. The fourth-order valence-corrected chi connectivity index (χ4v) is 3.86. The van der Waals surface area contributed by atoms with E-state index in [0.29, 0.717) is 38.5 Å². The summed E-state index contributed by atoms with van der Waals surface area (Å²) in [5.74, 6) is 0.0956. The van der Waals surface area contributed by atoms with Crippen LogP contribution in [-0.4, -0.2) is 58.6 Å².